The average Bonchev–Trinajstić information content (AvgIpc) is 2.30. The summed E-state index contributed by atoms with van der Waals surface area (Å²) >= 11 is 0. The van der Waals surface area contributed by atoms with Crippen molar-refractivity contribution in [2.24, 2.45) is 22.2 Å². The van der Waals surface area contributed by atoms with Gasteiger partial charge in [0.1, 0.15) is 0 Å². The van der Waals surface area contributed by atoms with E-state index in [4.69, 9.17) is 0 Å². The number of carbonyl (C=O) groups is 1. The van der Waals surface area contributed by atoms with Crippen LogP contribution in [0.25, 0.3) is 0 Å². The molecule has 1 amide bonds. The maximum atomic E-state index is 13.1. The lowest BCUT2D eigenvalue weighted by Gasteiger charge is -2.65. The van der Waals surface area contributed by atoms with Crippen LogP contribution in [0.3, 0.4) is 0 Å². The molecule has 3 heteroatoms. The molecule has 0 spiro atoms. The summed E-state index contributed by atoms with van der Waals surface area (Å²) in [4.78, 5) is 15.0. The van der Waals surface area contributed by atoms with E-state index >= 15 is 0 Å². The van der Waals surface area contributed by atoms with Crippen molar-refractivity contribution >= 4 is 5.91 Å². The molecule has 0 aromatic carbocycles. The Bertz CT molecular complexity index is 401. The Kier molecular flexibility index (Phi) is 3.20. The van der Waals surface area contributed by atoms with Crippen LogP contribution in [0.5, 0.6) is 0 Å². The number of likely N-dealkylation sites (N-methyl/N-ethyl adjacent to an activating group) is 1. The second-order valence-electron chi connectivity index (χ2n) is 8.52. The minimum atomic E-state index is -0.117. The van der Waals surface area contributed by atoms with Gasteiger partial charge in [-0.2, -0.15) is 0 Å². The highest BCUT2D eigenvalue weighted by Gasteiger charge is 2.63. The van der Waals surface area contributed by atoms with Gasteiger partial charge in [0.15, 0.2) is 0 Å². The number of hydrogen-bond donors (Lipinski definition) is 1. The van der Waals surface area contributed by atoms with Crippen molar-refractivity contribution in [3.8, 4) is 0 Å². The molecule has 0 radical (unpaired) electrons. The van der Waals surface area contributed by atoms with E-state index in [9.17, 15) is 9.90 Å². The molecule has 20 heavy (non-hydrogen) atoms. The molecule has 0 aromatic rings. The third-order valence-electron chi connectivity index (χ3n) is 6.12. The Hall–Kier alpha value is -0.570. The second-order valence-corrected chi connectivity index (χ2v) is 8.52. The third-order valence-corrected chi connectivity index (χ3v) is 6.12. The Morgan fingerprint density at radius 2 is 1.75 bits per heavy atom. The monoisotopic (exact) mass is 279 g/mol. The van der Waals surface area contributed by atoms with Gasteiger partial charge in [0, 0.05) is 13.1 Å². The van der Waals surface area contributed by atoms with Gasteiger partial charge >= 0.3 is 0 Å². The van der Waals surface area contributed by atoms with Crippen LogP contribution in [0.4, 0.5) is 0 Å². The predicted molar refractivity (Wildman–Crippen MR) is 79.2 cm³/mol. The lowest BCUT2D eigenvalue weighted by Crippen LogP contribution is -2.60. The fourth-order valence-corrected chi connectivity index (χ4v) is 6.55. The molecular formula is C17H29NO2. The van der Waals surface area contributed by atoms with Gasteiger partial charge in [0.2, 0.25) is 5.91 Å². The number of rotatable bonds is 4. The highest BCUT2D eigenvalue weighted by atomic mass is 16.3. The van der Waals surface area contributed by atoms with Crippen molar-refractivity contribution in [1.82, 2.24) is 4.90 Å². The zero-order valence-electron chi connectivity index (χ0n) is 13.2. The summed E-state index contributed by atoms with van der Waals surface area (Å²) in [5.74, 6) is 1.08. The highest BCUT2D eigenvalue weighted by Crippen LogP contribution is 2.69. The molecular weight excluding hydrogens is 250 g/mol. The summed E-state index contributed by atoms with van der Waals surface area (Å²) in [7, 11) is 0. The van der Waals surface area contributed by atoms with Crippen molar-refractivity contribution in [2.45, 2.75) is 59.3 Å². The summed E-state index contributed by atoms with van der Waals surface area (Å²) in [5, 5.41) is 9.21. The maximum absolute atomic E-state index is 13.1. The molecule has 0 aliphatic heterocycles. The van der Waals surface area contributed by atoms with Crippen LogP contribution in [0.15, 0.2) is 0 Å². The normalized spacial score (nSPS) is 45.7. The van der Waals surface area contributed by atoms with Crippen LogP contribution in [-0.2, 0) is 4.79 Å². The van der Waals surface area contributed by atoms with Crippen molar-refractivity contribution < 1.29 is 9.90 Å². The molecule has 4 rings (SSSR count). The predicted octanol–water partition coefficient (Wildman–Crippen LogP) is 2.82. The van der Waals surface area contributed by atoms with Gasteiger partial charge in [-0.25, -0.2) is 0 Å². The Labute approximate surface area is 122 Å². The molecule has 0 saturated heterocycles. The number of aliphatic hydroxyl groups is 1. The topological polar surface area (TPSA) is 40.5 Å². The first-order valence-electron chi connectivity index (χ1n) is 8.24. The first-order chi connectivity index (χ1) is 9.34. The van der Waals surface area contributed by atoms with Gasteiger partial charge < -0.3 is 10.0 Å². The van der Waals surface area contributed by atoms with Gasteiger partial charge in [0.05, 0.1) is 12.0 Å². The highest BCUT2D eigenvalue weighted by molar-refractivity contribution is 5.83. The van der Waals surface area contributed by atoms with Gasteiger partial charge in [-0.1, -0.05) is 13.8 Å². The summed E-state index contributed by atoms with van der Waals surface area (Å²) in [6, 6.07) is 0. The fourth-order valence-electron chi connectivity index (χ4n) is 6.55. The number of carbonyl (C=O) groups excluding carboxylic acids is 1. The SMILES string of the molecule is CCN(CCO)C(=O)C12CC3CC(C)(CC(C)(C3)C1)C2. The Morgan fingerprint density at radius 1 is 1.15 bits per heavy atom. The molecule has 0 aromatic heterocycles. The molecule has 0 heterocycles. The van der Waals surface area contributed by atoms with Crippen LogP contribution in [0, 0.1) is 22.2 Å². The van der Waals surface area contributed by atoms with Crippen LogP contribution in [0.2, 0.25) is 0 Å². The lowest BCUT2D eigenvalue weighted by molar-refractivity contribution is -0.179. The molecule has 4 bridgehead atoms. The van der Waals surface area contributed by atoms with E-state index in [0.29, 0.717) is 23.3 Å². The maximum Gasteiger partial charge on any atom is 0.228 e. The second kappa shape index (κ2) is 4.46. The Balaban J connectivity index is 1.90. The van der Waals surface area contributed by atoms with Crippen LogP contribution >= 0.6 is 0 Å². The minimum absolute atomic E-state index is 0.0770. The molecule has 4 aliphatic rings. The van der Waals surface area contributed by atoms with E-state index in [-0.39, 0.29) is 12.0 Å². The van der Waals surface area contributed by atoms with Crippen molar-refractivity contribution in [2.75, 3.05) is 19.7 Å². The summed E-state index contributed by atoms with van der Waals surface area (Å²) in [5.41, 5.74) is 0.638. The zero-order chi connectivity index (χ0) is 14.6. The lowest BCUT2D eigenvalue weighted by atomic mass is 9.40. The number of nitrogens with zero attached hydrogens (tertiary/aromatic N) is 1. The van der Waals surface area contributed by atoms with Crippen molar-refractivity contribution in [1.29, 1.82) is 0 Å². The standard InChI is InChI=1S/C17H29NO2/c1-4-18(5-6-19)14(20)17-9-13-7-15(2,11-17)10-16(3,8-13)12-17/h13,19H,4-12H2,1-3H3. The van der Waals surface area contributed by atoms with Gasteiger partial charge in [0.25, 0.3) is 0 Å². The number of aliphatic hydroxyl groups excluding tert-OH is 1. The van der Waals surface area contributed by atoms with Gasteiger partial charge in [-0.05, 0) is 62.2 Å². The number of amides is 1. The zero-order valence-corrected chi connectivity index (χ0v) is 13.2. The van der Waals surface area contributed by atoms with E-state index in [1.54, 1.807) is 0 Å². The van der Waals surface area contributed by atoms with E-state index in [0.717, 1.165) is 31.7 Å². The van der Waals surface area contributed by atoms with E-state index in [2.05, 4.69) is 13.8 Å². The van der Waals surface area contributed by atoms with Crippen LogP contribution < -0.4 is 0 Å². The van der Waals surface area contributed by atoms with Gasteiger partial charge in [-0.15, -0.1) is 0 Å². The number of hydrogen-bond acceptors (Lipinski definition) is 2. The summed E-state index contributed by atoms with van der Waals surface area (Å²) in [6.45, 7) is 8.12. The van der Waals surface area contributed by atoms with Gasteiger partial charge in [-0.3, -0.25) is 4.79 Å². The molecule has 2 atom stereocenters. The van der Waals surface area contributed by atoms with Crippen molar-refractivity contribution in [3.63, 3.8) is 0 Å². The molecule has 3 nitrogen and oxygen atoms in total. The fraction of sp³-hybridized carbons (Fsp3) is 0.941. The molecule has 114 valence electrons. The third kappa shape index (κ3) is 2.09. The van der Waals surface area contributed by atoms with E-state index in [1.807, 2.05) is 11.8 Å². The average molecular weight is 279 g/mol. The largest absolute Gasteiger partial charge is 0.395 e. The quantitative estimate of drug-likeness (QED) is 0.859. The molecule has 4 saturated carbocycles. The summed E-state index contributed by atoms with van der Waals surface area (Å²) in [6.07, 6.45) is 7.20. The molecule has 1 N–H and O–H groups in total. The molecule has 4 fully saturated rings. The molecule has 4 aliphatic carbocycles. The minimum Gasteiger partial charge on any atom is -0.395 e. The van der Waals surface area contributed by atoms with Crippen molar-refractivity contribution in [3.05, 3.63) is 0 Å². The van der Waals surface area contributed by atoms with E-state index in [1.165, 1.54) is 19.3 Å². The summed E-state index contributed by atoms with van der Waals surface area (Å²) < 4.78 is 0. The molecule has 2 unspecified atom stereocenters. The Morgan fingerprint density at radius 3 is 2.20 bits per heavy atom. The van der Waals surface area contributed by atoms with Crippen LogP contribution in [0.1, 0.15) is 59.3 Å². The smallest absolute Gasteiger partial charge is 0.228 e. The first-order valence-corrected chi connectivity index (χ1v) is 8.24. The first kappa shape index (κ1) is 14.4. The van der Waals surface area contributed by atoms with Crippen LogP contribution in [-0.4, -0.2) is 35.6 Å². The van der Waals surface area contributed by atoms with E-state index < -0.39 is 0 Å².